The van der Waals surface area contributed by atoms with Gasteiger partial charge in [-0.05, 0) is 69.1 Å². The molecule has 0 bridgehead atoms. The molecule has 35 heavy (non-hydrogen) atoms. The molecule has 0 amide bonds. The molecule has 7 nitrogen and oxygen atoms in total. The number of anilines is 1. The van der Waals surface area contributed by atoms with Crippen molar-refractivity contribution in [3.05, 3.63) is 32.5 Å². The van der Waals surface area contributed by atoms with Gasteiger partial charge in [0, 0.05) is 24.7 Å². The summed E-state index contributed by atoms with van der Waals surface area (Å²) in [5, 5.41) is 3.99. The zero-order chi connectivity index (χ0) is 24.4. The average Bonchev–Trinajstić information content (AvgIpc) is 3.36. The summed E-state index contributed by atoms with van der Waals surface area (Å²) in [7, 11) is 1.53. The van der Waals surface area contributed by atoms with Gasteiger partial charge in [-0.1, -0.05) is 13.8 Å². The van der Waals surface area contributed by atoms with Gasteiger partial charge < -0.3 is 19.5 Å². The minimum absolute atomic E-state index is 0. The molecule has 2 fully saturated rings. The lowest BCUT2D eigenvalue weighted by atomic mass is 9.86. The van der Waals surface area contributed by atoms with Gasteiger partial charge in [-0.15, -0.1) is 12.4 Å². The van der Waals surface area contributed by atoms with E-state index in [0.29, 0.717) is 46.7 Å². The highest BCUT2D eigenvalue weighted by atomic mass is 35.5. The molecule has 2 aliphatic rings. The Balaban J connectivity index is 0.00000289. The highest BCUT2D eigenvalue weighted by Crippen LogP contribution is 2.46. The summed E-state index contributed by atoms with van der Waals surface area (Å²) in [5.74, 6) is 0.794. The van der Waals surface area contributed by atoms with Crippen LogP contribution in [-0.4, -0.2) is 41.2 Å². The third kappa shape index (κ3) is 4.36. The van der Waals surface area contributed by atoms with E-state index in [4.69, 9.17) is 4.74 Å². The van der Waals surface area contributed by atoms with E-state index in [9.17, 15) is 9.59 Å². The highest BCUT2D eigenvalue weighted by molar-refractivity contribution is 7.12. The van der Waals surface area contributed by atoms with Crippen molar-refractivity contribution in [3.63, 3.8) is 0 Å². The number of hydrogen-bond acceptors (Lipinski definition) is 6. The van der Waals surface area contributed by atoms with E-state index in [-0.39, 0.29) is 34.8 Å². The maximum absolute atomic E-state index is 15.7. The fourth-order valence-electron chi connectivity index (χ4n) is 5.25. The number of fused-ring (bicyclic) bond motifs is 2. The fraction of sp³-hybridized carbons (Fsp3) is 0.600. The molecule has 192 valence electrons. The number of nitrogens with zero attached hydrogens (tertiary/aromatic N) is 2. The Hall–Kier alpha value is -2.10. The molecule has 1 aliphatic carbocycles. The summed E-state index contributed by atoms with van der Waals surface area (Å²) in [5.41, 5.74) is 0.0665. The van der Waals surface area contributed by atoms with E-state index >= 15 is 4.39 Å². The predicted molar refractivity (Wildman–Crippen MR) is 143 cm³/mol. The quantitative estimate of drug-likeness (QED) is 0.470. The van der Waals surface area contributed by atoms with Crippen LogP contribution in [0.1, 0.15) is 53.0 Å². The molecule has 3 aromatic rings. The Labute approximate surface area is 214 Å². The second-order valence-electron chi connectivity index (χ2n) is 10.7. The number of halogens is 2. The summed E-state index contributed by atoms with van der Waals surface area (Å²) in [6.45, 7) is 11.2. The van der Waals surface area contributed by atoms with Crippen molar-refractivity contribution in [1.82, 2.24) is 14.3 Å². The van der Waals surface area contributed by atoms with Crippen LogP contribution in [-0.2, 0) is 0 Å². The molecule has 1 atom stereocenters. The standard InChI is InChI=1S/C25H33FN4O3S.ClH/c1-13(2)11-27-25(3,4)14-8-9-29(12-14)20-17(26)10-16-19(22(20)33-5)30(15-6-7-15)24-18(21(16)31)23(32)28-34-24;/h10,13-15,27H,6-9,11-12H2,1-5H3,(H,28,32);1H/t14-;/m1./s1. The second-order valence-corrected chi connectivity index (χ2v) is 11.5. The first-order valence-electron chi connectivity index (χ1n) is 12.1. The Morgan fingerprint density at radius 1 is 1.29 bits per heavy atom. The predicted octanol–water partition coefficient (Wildman–Crippen LogP) is 4.66. The monoisotopic (exact) mass is 524 g/mol. The maximum Gasteiger partial charge on any atom is 0.271 e. The van der Waals surface area contributed by atoms with Gasteiger partial charge in [-0.3, -0.25) is 14.0 Å². The van der Waals surface area contributed by atoms with Crippen LogP contribution >= 0.6 is 23.9 Å². The van der Waals surface area contributed by atoms with E-state index in [1.165, 1.54) is 24.7 Å². The van der Waals surface area contributed by atoms with Crippen molar-refractivity contribution in [2.24, 2.45) is 11.8 Å². The summed E-state index contributed by atoms with van der Waals surface area (Å²) < 4.78 is 26.2. The molecule has 0 radical (unpaired) electrons. The van der Waals surface area contributed by atoms with Crippen LogP contribution in [0.15, 0.2) is 15.7 Å². The molecular weight excluding hydrogens is 491 g/mol. The molecule has 3 heterocycles. The van der Waals surface area contributed by atoms with E-state index in [0.717, 1.165) is 25.8 Å². The molecule has 1 aromatic carbocycles. The van der Waals surface area contributed by atoms with E-state index in [1.807, 2.05) is 4.57 Å². The minimum atomic E-state index is -0.483. The molecule has 1 saturated heterocycles. The molecule has 0 spiro atoms. The van der Waals surface area contributed by atoms with Gasteiger partial charge in [0.1, 0.15) is 15.9 Å². The van der Waals surface area contributed by atoms with Crippen LogP contribution in [0.5, 0.6) is 5.75 Å². The zero-order valence-electron chi connectivity index (χ0n) is 20.9. The smallest absolute Gasteiger partial charge is 0.271 e. The van der Waals surface area contributed by atoms with E-state index in [1.54, 1.807) is 0 Å². The Morgan fingerprint density at radius 3 is 2.63 bits per heavy atom. The van der Waals surface area contributed by atoms with Crippen molar-refractivity contribution >= 4 is 50.7 Å². The highest BCUT2D eigenvalue weighted by Gasteiger charge is 2.38. The first kappa shape index (κ1) is 26.0. The van der Waals surface area contributed by atoms with Crippen molar-refractivity contribution in [2.45, 2.75) is 58.5 Å². The first-order valence-corrected chi connectivity index (χ1v) is 12.9. The number of pyridine rings is 1. The molecule has 1 aliphatic heterocycles. The number of H-pyrrole nitrogens is 1. The molecule has 2 N–H and O–H groups in total. The number of aromatic amines is 1. The SMILES string of the molecule is COc1c(N2CC[C@@H](C(C)(C)NCC(C)C)C2)c(F)cc2c(=O)c3c(=O)[nH]sc3n(C3CC3)c12.Cl. The number of methoxy groups -OCH3 is 1. The van der Waals surface area contributed by atoms with Gasteiger partial charge in [0.25, 0.3) is 5.56 Å². The number of rotatable bonds is 7. The summed E-state index contributed by atoms with van der Waals surface area (Å²) >= 11 is 1.17. The van der Waals surface area contributed by atoms with Crippen LogP contribution in [0.4, 0.5) is 10.1 Å². The molecular formula is C25H34ClFN4O3S. The van der Waals surface area contributed by atoms with Crippen LogP contribution in [0.2, 0.25) is 0 Å². The average molecular weight is 525 g/mol. The lowest BCUT2D eigenvalue weighted by Gasteiger charge is -2.34. The number of benzene rings is 1. The van der Waals surface area contributed by atoms with Crippen molar-refractivity contribution in [1.29, 1.82) is 0 Å². The number of hydrogen-bond donors (Lipinski definition) is 2. The van der Waals surface area contributed by atoms with Crippen LogP contribution in [0.25, 0.3) is 21.1 Å². The summed E-state index contributed by atoms with van der Waals surface area (Å²) in [6.07, 6.45) is 2.85. The molecule has 1 saturated carbocycles. The van der Waals surface area contributed by atoms with Gasteiger partial charge in [0.2, 0.25) is 5.43 Å². The largest absolute Gasteiger partial charge is 0.492 e. The summed E-state index contributed by atoms with van der Waals surface area (Å²) in [6, 6.07) is 1.48. The van der Waals surface area contributed by atoms with Gasteiger partial charge >= 0.3 is 0 Å². The lowest BCUT2D eigenvalue weighted by molar-refractivity contribution is 0.260. The van der Waals surface area contributed by atoms with Crippen molar-refractivity contribution in [2.75, 3.05) is 31.6 Å². The Kier molecular flexibility index (Phi) is 6.98. The lowest BCUT2D eigenvalue weighted by Crippen LogP contribution is -2.48. The number of ether oxygens (including phenoxy) is 1. The number of aromatic nitrogens is 2. The van der Waals surface area contributed by atoms with E-state index in [2.05, 4.69) is 42.3 Å². The second kappa shape index (κ2) is 9.41. The molecule has 5 rings (SSSR count). The summed E-state index contributed by atoms with van der Waals surface area (Å²) in [4.78, 5) is 28.3. The van der Waals surface area contributed by atoms with E-state index < -0.39 is 16.8 Å². The van der Waals surface area contributed by atoms with Crippen LogP contribution in [0.3, 0.4) is 0 Å². The van der Waals surface area contributed by atoms with Crippen molar-refractivity contribution in [3.8, 4) is 5.75 Å². The Bertz CT molecular complexity index is 1380. The topological polar surface area (TPSA) is 79.4 Å². The maximum atomic E-state index is 15.7. The molecule has 2 aromatic heterocycles. The normalized spacial score (nSPS) is 18.6. The van der Waals surface area contributed by atoms with Gasteiger partial charge in [-0.25, -0.2) is 4.39 Å². The third-order valence-corrected chi connectivity index (χ3v) is 8.28. The van der Waals surface area contributed by atoms with Crippen molar-refractivity contribution < 1.29 is 9.13 Å². The van der Waals surface area contributed by atoms with Gasteiger partial charge in [0.15, 0.2) is 11.6 Å². The first-order chi connectivity index (χ1) is 16.1. The van der Waals surface area contributed by atoms with Gasteiger partial charge in [-0.2, -0.15) is 0 Å². The zero-order valence-corrected chi connectivity index (χ0v) is 22.5. The Morgan fingerprint density at radius 2 is 2.00 bits per heavy atom. The fourth-order valence-corrected chi connectivity index (χ4v) is 6.17. The molecule has 0 unspecified atom stereocenters. The third-order valence-electron chi connectivity index (χ3n) is 7.40. The van der Waals surface area contributed by atoms with Crippen LogP contribution < -0.4 is 25.9 Å². The molecule has 10 heteroatoms. The van der Waals surface area contributed by atoms with Crippen LogP contribution in [0, 0.1) is 17.7 Å². The number of nitrogens with one attached hydrogen (secondary N) is 2. The van der Waals surface area contributed by atoms with Gasteiger partial charge in [0.05, 0.1) is 18.0 Å². The minimum Gasteiger partial charge on any atom is -0.492 e.